The summed E-state index contributed by atoms with van der Waals surface area (Å²) in [6, 6.07) is 8.06. The summed E-state index contributed by atoms with van der Waals surface area (Å²) in [5.74, 6) is -0.192. The zero-order valence-electron chi connectivity index (χ0n) is 10.2. The van der Waals surface area contributed by atoms with Crippen molar-refractivity contribution in [2.24, 2.45) is 0 Å². The van der Waals surface area contributed by atoms with E-state index in [1.54, 1.807) is 0 Å². The molecular weight excluding hydrogens is 230 g/mol. The van der Waals surface area contributed by atoms with Gasteiger partial charge in [-0.25, -0.2) is 4.98 Å². The summed E-state index contributed by atoms with van der Waals surface area (Å²) in [5, 5.41) is 8.59. The third-order valence-corrected chi connectivity index (χ3v) is 2.80. The number of hydrogen-bond donors (Lipinski definition) is 1. The molecule has 0 radical (unpaired) electrons. The molecule has 0 aliphatic heterocycles. The van der Waals surface area contributed by atoms with Gasteiger partial charge in [0.15, 0.2) is 5.89 Å². The first-order chi connectivity index (χ1) is 8.65. The molecule has 0 amide bonds. The van der Waals surface area contributed by atoms with Crippen molar-refractivity contribution in [1.29, 1.82) is 0 Å². The maximum Gasteiger partial charge on any atom is 0.303 e. The number of carbonyl (C=O) groups is 1. The summed E-state index contributed by atoms with van der Waals surface area (Å²) in [6.45, 7) is 2.05. The number of rotatable bonds is 5. The Balaban J connectivity index is 2.02. The van der Waals surface area contributed by atoms with E-state index in [0.717, 1.165) is 0 Å². The number of oxazole rings is 1. The average molecular weight is 245 g/mol. The van der Waals surface area contributed by atoms with Gasteiger partial charge < -0.3 is 9.52 Å². The minimum Gasteiger partial charge on any atom is -0.481 e. The van der Waals surface area contributed by atoms with E-state index in [-0.39, 0.29) is 6.42 Å². The van der Waals surface area contributed by atoms with Gasteiger partial charge in [-0.3, -0.25) is 4.79 Å². The minimum atomic E-state index is -0.821. The fourth-order valence-corrected chi connectivity index (χ4v) is 1.75. The third kappa shape index (κ3) is 3.20. The summed E-state index contributed by atoms with van der Waals surface area (Å²) in [6.07, 6.45) is 2.67. The lowest BCUT2D eigenvalue weighted by atomic mass is 10.1. The molecule has 1 N–H and O–H groups in total. The quantitative estimate of drug-likeness (QED) is 0.879. The van der Waals surface area contributed by atoms with Crippen molar-refractivity contribution in [1.82, 2.24) is 4.98 Å². The molecule has 4 heteroatoms. The molecule has 0 spiro atoms. The standard InChI is InChI=1S/C14H15NO3/c1-10-4-2-3-5-11(10)8-13-15-12(9-18-13)6-7-14(16)17/h2-5,9H,6-8H2,1H3,(H,16,17). The smallest absolute Gasteiger partial charge is 0.303 e. The van der Waals surface area contributed by atoms with Crippen LogP contribution in [0.5, 0.6) is 0 Å². The molecule has 0 atom stereocenters. The van der Waals surface area contributed by atoms with E-state index in [1.807, 2.05) is 31.2 Å². The summed E-state index contributed by atoms with van der Waals surface area (Å²) in [4.78, 5) is 14.7. The number of benzene rings is 1. The molecule has 2 aromatic rings. The lowest BCUT2D eigenvalue weighted by molar-refractivity contribution is -0.136. The molecule has 4 nitrogen and oxygen atoms in total. The first-order valence-electron chi connectivity index (χ1n) is 5.85. The van der Waals surface area contributed by atoms with Crippen LogP contribution in [0, 0.1) is 6.92 Å². The second kappa shape index (κ2) is 5.49. The number of hydrogen-bond acceptors (Lipinski definition) is 3. The van der Waals surface area contributed by atoms with Crippen LogP contribution in [0.4, 0.5) is 0 Å². The summed E-state index contributed by atoms with van der Waals surface area (Å²) >= 11 is 0. The summed E-state index contributed by atoms with van der Waals surface area (Å²) in [5.41, 5.74) is 3.06. The number of aryl methyl sites for hydroxylation is 2. The van der Waals surface area contributed by atoms with Gasteiger partial charge in [0.25, 0.3) is 0 Å². The molecule has 0 saturated heterocycles. The Morgan fingerprint density at radius 3 is 2.89 bits per heavy atom. The van der Waals surface area contributed by atoms with Crippen molar-refractivity contribution in [3.05, 3.63) is 53.2 Å². The zero-order valence-corrected chi connectivity index (χ0v) is 10.2. The molecular formula is C14H15NO3. The Kier molecular flexibility index (Phi) is 3.77. The van der Waals surface area contributed by atoms with Gasteiger partial charge in [0.1, 0.15) is 6.26 Å². The Morgan fingerprint density at radius 2 is 2.17 bits per heavy atom. The first-order valence-corrected chi connectivity index (χ1v) is 5.85. The Bertz CT molecular complexity index is 545. The van der Waals surface area contributed by atoms with E-state index >= 15 is 0 Å². The Labute approximate surface area is 105 Å². The van der Waals surface area contributed by atoms with Crippen LogP contribution in [0.2, 0.25) is 0 Å². The number of carboxylic acids is 1. The van der Waals surface area contributed by atoms with E-state index in [9.17, 15) is 4.79 Å². The van der Waals surface area contributed by atoms with Crippen LogP contribution in [0.1, 0.15) is 29.1 Å². The lowest BCUT2D eigenvalue weighted by Crippen LogP contribution is -1.98. The molecule has 0 aliphatic carbocycles. The molecule has 1 aromatic carbocycles. The first kappa shape index (κ1) is 12.4. The second-order valence-electron chi connectivity index (χ2n) is 4.23. The average Bonchev–Trinajstić information content (AvgIpc) is 2.77. The fourth-order valence-electron chi connectivity index (χ4n) is 1.75. The SMILES string of the molecule is Cc1ccccc1Cc1nc(CCC(=O)O)co1. The van der Waals surface area contributed by atoms with Crippen LogP contribution < -0.4 is 0 Å². The van der Waals surface area contributed by atoms with Crippen molar-refractivity contribution < 1.29 is 14.3 Å². The summed E-state index contributed by atoms with van der Waals surface area (Å²) in [7, 11) is 0. The van der Waals surface area contributed by atoms with Crippen molar-refractivity contribution in [2.75, 3.05) is 0 Å². The Morgan fingerprint density at radius 1 is 1.39 bits per heavy atom. The van der Waals surface area contributed by atoms with Gasteiger partial charge in [-0.1, -0.05) is 24.3 Å². The van der Waals surface area contributed by atoms with Crippen LogP contribution in [-0.2, 0) is 17.6 Å². The maximum absolute atomic E-state index is 10.5. The Hall–Kier alpha value is -2.10. The molecule has 1 heterocycles. The topological polar surface area (TPSA) is 63.3 Å². The molecule has 2 rings (SSSR count). The summed E-state index contributed by atoms with van der Waals surface area (Å²) < 4.78 is 5.35. The second-order valence-corrected chi connectivity index (χ2v) is 4.23. The third-order valence-electron chi connectivity index (χ3n) is 2.80. The van der Waals surface area contributed by atoms with E-state index in [4.69, 9.17) is 9.52 Å². The van der Waals surface area contributed by atoms with Crippen LogP contribution >= 0.6 is 0 Å². The normalized spacial score (nSPS) is 10.5. The van der Waals surface area contributed by atoms with Gasteiger partial charge in [-0.2, -0.15) is 0 Å². The van der Waals surface area contributed by atoms with E-state index in [1.165, 1.54) is 17.4 Å². The molecule has 0 fully saturated rings. The van der Waals surface area contributed by atoms with Crippen LogP contribution in [-0.4, -0.2) is 16.1 Å². The largest absolute Gasteiger partial charge is 0.481 e. The van der Waals surface area contributed by atoms with Gasteiger partial charge in [-0.15, -0.1) is 0 Å². The van der Waals surface area contributed by atoms with Crippen molar-refractivity contribution in [3.63, 3.8) is 0 Å². The van der Waals surface area contributed by atoms with Gasteiger partial charge >= 0.3 is 5.97 Å². The highest BCUT2D eigenvalue weighted by atomic mass is 16.4. The zero-order chi connectivity index (χ0) is 13.0. The molecule has 1 aromatic heterocycles. The van der Waals surface area contributed by atoms with Crippen molar-refractivity contribution >= 4 is 5.97 Å². The number of nitrogens with zero attached hydrogens (tertiary/aromatic N) is 1. The van der Waals surface area contributed by atoms with E-state index < -0.39 is 5.97 Å². The molecule has 18 heavy (non-hydrogen) atoms. The fraction of sp³-hybridized carbons (Fsp3) is 0.286. The predicted molar refractivity (Wildman–Crippen MR) is 66.4 cm³/mol. The number of aromatic nitrogens is 1. The minimum absolute atomic E-state index is 0.0797. The van der Waals surface area contributed by atoms with Crippen molar-refractivity contribution in [2.45, 2.75) is 26.2 Å². The predicted octanol–water partition coefficient (Wildman–Crippen LogP) is 2.59. The van der Waals surface area contributed by atoms with Gasteiger partial charge in [0.2, 0.25) is 0 Å². The van der Waals surface area contributed by atoms with Gasteiger partial charge in [0.05, 0.1) is 12.1 Å². The van der Waals surface area contributed by atoms with E-state index in [2.05, 4.69) is 4.98 Å². The molecule has 0 saturated carbocycles. The monoisotopic (exact) mass is 245 g/mol. The van der Waals surface area contributed by atoms with E-state index in [0.29, 0.717) is 24.4 Å². The van der Waals surface area contributed by atoms with Crippen LogP contribution in [0.15, 0.2) is 34.9 Å². The molecule has 0 aliphatic rings. The molecule has 94 valence electrons. The highest BCUT2D eigenvalue weighted by Crippen LogP contribution is 2.14. The highest BCUT2D eigenvalue weighted by Gasteiger charge is 2.08. The van der Waals surface area contributed by atoms with Crippen molar-refractivity contribution in [3.8, 4) is 0 Å². The lowest BCUT2D eigenvalue weighted by Gasteiger charge is -2.01. The maximum atomic E-state index is 10.5. The number of carboxylic acid groups (broad SMARTS) is 1. The number of aliphatic carboxylic acids is 1. The molecule has 0 bridgehead atoms. The highest BCUT2D eigenvalue weighted by molar-refractivity contribution is 5.66. The van der Waals surface area contributed by atoms with Gasteiger partial charge in [-0.05, 0) is 18.1 Å². The van der Waals surface area contributed by atoms with Gasteiger partial charge in [0, 0.05) is 12.8 Å². The van der Waals surface area contributed by atoms with Crippen LogP contribution in [0.25, 0.3) is 0 Å². The van der Waals surface area contributed by atoms with Crippen LogP contribution in [0.3, 0.4) is 0 Å². The molecule has 0 unspecified atom stereocenters.